The van der Waals surface area contributed by atoms with E-state index in [1.165, 1.54) is 0 Å². The number of hydrogen-bond donors (Lipinski definition) is 1. The Kier molecular flexibility index (Phi) is 5.23. The fraction of sp³-hybridized carbons (Fsp3) is 0.286. The minimum Gasteiger partial charge on any atom is -0.495 e. The second-order valence-electron chi connectivity index (χ2n) is 6.75. The van der Waals surface area contributed by atoms with E-state index in [0.29, 0.717) is 0 Å². The molecule has 1 aliphatic rings. The molecule has 0 unspecified atom stereocenters. The van der Waals surface area contributed by atoms with Crippen molar-refractivity contribution < 1.29 is 4.74 Å². The highest BCUT2D eigenvalue weighted by atomic mass is 16.5. The molecular formula is C21H24N6O. The van der Waals surface area contributed by atoms with Crippen molar-refractivity contribution in [2.24, 2.45) is 0 Å². The fourth-order valence-corrected chi connectivity index (χ4v) is 3.35. The van der Waals surface area contributed by atoms with Crippen LogP contribution < -0.4 is 19.9 Å². The summed E-state index contributed by atoms with van der Waals surface area (Å²) in [4.78, 5) is 17.9. The Bertz CT molecular complexity index is 925. The zero-order valence-corrected chi connectivity index (χ0v) is 16.2. The number of rotatable bonds is 5. The number of pyridine rings is 1. The lowest BCUT2D eigenvalue weighted by molar-refractivity contribution is 0.416. The van der Waals surface area contributed by atoms with Crippen LogP contribution in [0.5, 0.6) is 5.75 Å². The lowest BCUT2D eigenvalue weighted by Gasteiger charge is -2.36. The molecular weight excluding hydrogens is 352 g/mol. The molecule has 3 aromatic rings. The summed E-state index contributed by atoms with van der Waals surface area (Å²) in [7, 11) is 1.67. The third kappa shape index (κ3) is 3.98. The van der Waals surface area contributed by atoms with Crippen LogP contribution in [0.2, 0.25) is 0 Å². The van der Waals surface area contributed by atoms with E-state index >= 15 is 0 Å². The van der Waals surface area contributed by atoms with Gasteiger partial charge in [-0.05, 0) is 36.8 Å². The molecule has 0 amide bonds. The van der Waals surface area contributed by atoms with Crippen LogP contribution in [-0.2, 0) is 0 Å². The Morgan fingerprint density at radius 2 is 1.68 bits per heavy atom. The smallest absolute Gasteiger partial charge is 0.142 e. The minimum atomic E-state index is 0.751. The minimum absolute atomic E-state index is 0.751. The van der Waals surface area contributed by atoms with Gasteiger partial charge in [0.05, 0.1) is 12.8 Å². The van der Waals surface area contributed by atoms with Gasteiger partial charge < -0.3 is 19.9 Å². The van der Waals surface area contributed by atoms with E-state index in [-0.39, 0.29) is 0 Å². The Morgan fingerprint density at radius 3 is 2.39 bits per heavy atom. The summed E-state index contributed by atoms with van der Waals surface area (Å²) in [6, 6.07) is 14.0. The first-order valence-corrected chi connectivity index (χ1v) is 9.37. The quantitative estimate of drug-likeness (QED) is 0.733. The molecule has 2 aromatic heterocycles. The van der Waals surface area contributed by atoms with E-state index in [1.807, 2.05) is 42.6 Å². The van der Waals surface area contributed by atoms with Gasteiger partial charge in [0.2, 0.25) is 0 Å². The Labute approximate surface area is 165 Å². The first-order chi connectivity index (χ1) is 13.7. The second kappa shape index (κ2) is 8.12. The molecule has 0 radical (unpaired) electrons. The zero-order chi connectivity index (χ0) is 19.3. The average Bonchev–Trinajstić information content (AvgIpc) is 2.75. The van der Waals surface area contributed by atoms with E-state index in [2.05, 4.69) is 43.1 Å². The van der Waals surface area contributed by atoms with Crippen molar-refractivity contribution in [1.29, 1.82) is 0 Å². The molecule has 1 aliphatic heterocycles. The van der Waals surface area contributed by atoms with Crippen LogP contribution in [0.1, 0.15) is 5.56 Å². The van der Waals surface area contributed by atoms with Gasteiger partial charge in [0.25, 0.3) is 0 Å². The van der Waals surface area contributed by atoms with Crippen LogP contribution >= 0.6 is 0 Å². The molecule has 3 heterocycles. The first kappa shape index (κ1) is 18.0. The van der Waals surface area contributed by atoms with Gasteiger partial charge in [-0.15, -0.1) is 0 Å². The molecule has 1 aromatic carbocycles. The van der Waals surface area contributed by atoms with Crippen LogP contribution in [0.4, 0.5) is 23.1 Å². The second-order valence-corrected chi connectivity index (χ2v) is 6.75. The Morgan fingerprint density at radius 1 is 0.893 bits per heavy atom. The van der Waals surface area contributed by atoms with Crippen LogP contribution in [0.25, 0.3) is 0 Å². The highest BCUT2D eigenvalue weighted by Crippen LogP contribution is 2.29. The summed E-state index contributed by atoms with van der Waals surface area (Å²) < 4.78 is 5.45. The maximum Gasteiger partial charge on any atom is 0.142 e. The molecule has 0 saturated carbocycles. The predicted molar refractivity (Wildman–Crippen MR) is 112 cm³/mol. The molecule has 1 saturated heterocycles. The average molecular weight is 376 g/mol. The summed E-state index contributed by atoms with van der Waals surface area (Å²) in [5.41, 5.74) is 2.05. The zero-order valence-electron chi connectivity index (χ0n) is 16.2. The number of aryl methyl sites for hydroxylation is 1. The summed E-state index contributed by atoms with van der Waals surface area (Å²) >= 11 is 0. The number of piperazine rings is 1. The fourth-order valence-electron chi connectivity index (χ4n) is 3.35. The molecule has 0 aliphatic carbocycles. The van der Waals surface area contributed by atoms with Crippen molar-refractivity contribution in [3.8, 4) is 5.75 Å². The number of nitrogens with one attached hydrogen (secondary N) is 1. The summed E-state index contributed by atoms with van der Waals surface area (Å²) in [5, 5.41) is 3.36. The Balaban J connectivity index is 1.45. The van der Waals surface area contributed by atoms with E-state index in [1.54, 1.807) is 13.4 Å². The van der Waals surface area contributed by atoms with Crippen LogP contribution in [0, 0.1) is 6.92 Å². The molecule has 28 heavy (non-hydrogen) atoms. The van der Waals surface area contributed by atoms with Crippen molar-refractivity contribution in [3.05, 3.63) is 60.6 Å². The van der Waals surface area contributed by atoms with Crippen molar-refractivity contribution >= 4 is 23.1 Å². The number of nitrogens with zero attached hydrogens (tertiary/aromatic N) is 5. The SMILES string of the molecule is COc1ccc(C)cc1Nc1cc(N2CCN(c3ccccn3)CC2)ncn1. The van der Waals surface area contributed by atoms with Crippen molar-refractivity contribution in [2.75, 3.05) is 48.4 Å². The summed E-state index contributed by atoms with van der Waals surface area (Å²) in [6.45, 7) is 5.66. The maximum absolute atomic E-state index is 5.45. The van der Waals surface area contributed by atoms with Crippen molar-refractivity contribution in [1.82, 2.24) is 15.0 Å². The standard InChI is InChI=1S/C21H24N6O/c1-16-6-7-18(28-2)17(13-16)25-19-14-21(24-15-23-19)27-11-9-26(10-12-27)20-5-3-4-8-22-20/h3-8,13-15H,9-12H2,1-2H3,(H,23,24,25). The number of aromatic nitrogens is 3. The lowest BCUT2D eigenvalue weighted by Crippen LogP contribution is -2.47. The van der Waals surface area contributed by atoms with E-state index in [4.69, 9.17) is 4.74 Å². The van der Waals surface area contributed by atoms with E-state index < -0.39 is 0 Å². The van der Waals surface area contributed by atoms with Gasteiger partial charge in [-0.2, -0.15) is 0 Å². The third-order valence-corrected chi connectivity index (χ3v) is 4.85. The molecule has 0 atom stereocenters. The van der Waals surface area contributed by atoms with E-state index in [9.17, 15) is 0 Å². The topological polar surface area (TPSA) is 66.4 Å². The van der Waals surface area contributed by atoms with Gasteiger partial charge in [0.15, 0.2) is 0 Å². The predicted octanol–water partition coefficient (Wildman–Crippen LogP) is 3.26. The van der Waals surface area contributed by atoms with Gasteiger partial charge in [-0.1, -0.05) is 12.1 Å². The van der Waals surface area contributed by atoms with Crippen LogP contribution in [-0.4, -0.2) is 48.2 Å². The third-order valence-electron chi connectivity index (χ3n) is 4.85. The maximum atomic E-state index is 5.45. The monoisotopic (exact) mass is 376 g/mol. The van der Waals surface area contributed by atoms with Gasteiger partial charge in [0, 0.05) is 38.4 Å². The van der Waals surface area contributed by atoms with Gasteiger partial charge in [0.1, 0.15) is 29.5 Å². The number of ether oxygens (including phenoxy) is 1. The first-order valence-electron chi connectivity index (χ1n) is 9.37. The Hall–Kier alpha value is -3.35. The largest absolute Gasteiger partial charge is 0.495 e. The van der Waals surface area contributed by atoms with Crippen molar-refractivity contribution in [2.45, 2.75) is 6.92 Å². The van der Waals surface area contributed by atoms with Crippen LogP contribution in [0.3, 0.4) is 0 Å². The number of hydrogen-bond acceptors (Lipinski definition) is 7. The molecule has 1 N–H and O–H groups in total. The molecule has 0 bridgehead atoms. The van der Waals surface area contributed by atoms with Gasteiger partial charge >= 0.3 is 0 Å². The normalized spacial score (nSPS) is 14.1. The number of benzene rings is 1. The van der Waals surface area contributed by atoms with Gasteiger partial charge in [-0.3, -0.25) is 0 Å². The van der Waals surface area contributed by atoms with Crippen molar-refractivity contribution in [3.63, 3.8) is 0 Å². The number of methoxy groups -OCH3 is 1. The highest BCUT2D eigenvalue weighted by molar-refractivity contribution is 5.66. The van der Waals surface area contributed by atoms with E-state index in [0.717, 1.165) is 60.6 Å². The molecule has 7 nitrogen and oxygen atoms in total. The lowest BCUT2D eigenvalue weighted by atomic mass is 10.2. The molecule has 4 rings (SSSR count). The highest BCUT2D eigenvalue weighted by Gasteiger charge is 2.19. The molecule has 144 valence electrons. The molecule has 7 heteroatoms. The summed E-state index contributed by atoms with van der Waals surface area (Å²) in [5.74, 6) is 3.49. The molecule has 0 spiro atoms. The summed E-state index contributed by atoms with van der Waals surface area (Å²) in [6.07, 6.45) is 3.44. The van der Waals surface area contributed by atoms with Crippen LogP contribution in [0.15, 0.2) is 55.0 Å². The molecule has 1 fully saturated rings. The number of anilines is 4. The van der Waals surface area contributed by atoms with Gasteiger partial charge in [-0.25, -0.2) is 15.0 Å².